The summed E-state index contributed by atoms with van der Waals surface area (Å²) in [7, 11) is 0. The maximum atomic E-state index is 13.2. The predicted molar refractivity (Wildman–Crippen MR) is 148 cm³/mol. The highest BCUT2D eigenvalue weighted by Crippen LogP contribution is 2.35. The first-order valence-electron chi connectivity index (χ1n) is 12.9. The SMILES string of the molecule is CC(=O)CCC(=O)O[C@@H]1[C@@H](OC(=O)c2ccccc2)[C@H](OC(=O)c2ccccc2)CO[C@H]1Sc1ccc(C)cc1. The fourth-order valence-electron chi connectivity index (χ4n) is 4.00. The van der Waals surface area contributed by atoms with E-state index in [0.717, 1.165) is 10.5 Å². The van der Waals surface area contributed by atoms with Gasteiger partial charge in [0.25, 0.3) is 0 Å². The minimum absolute atomic E-state index is 0.00305. The minimum atomic E-state index is -1.18. The van der Waals surface area contributed by atoms with Gasteiger partial charge in [-0.25, -0.2) is 9.59 Å². The number of rotatable bonds is 10. The molecular weight excluding hydrogens is 532 g/mol. The van der Waals surface area contributed by atoms with Crippen molar-refractivity contribution >= 4 is 35.5 Å². The van der Waals surface area contributed by atoms with E-state index in [-0.39, 0.29) is 30.8 Å². The molecule has 3 aromatic carbocycles. The molecule has 1 aliphatic heterocycles. The predicted octanol–water partition coefficient (Wildman–Crippen LogP) is 5.18. The number of ether oxygens (including phenoxy) is 4. The lowest BCUT2D eigenvalue weighted by Gasteiger charge is -2.40. The summed E-state index contributed by atoms with van der Waals surface area (Å²) in [5.41, 5.74) is 0.876. The number of thioether (sulfide) groups is 1. The van der Waals surface area contributed by atoms with Gasteiger partial charge >= 0.3 is 17.9 Å². The van der Waals surface area contributed by atoms with Crippen LogP contribution in [0.15, 0.2) is 89.8 Å². The first-order valence-corrected chi connectivity index (χ1v) is 13.7. The summed E-state index contributed by atoms with van der Waals surface area (Å²) >= 11 is 1.29. The third kappa shape index (κ3) is 8.03. The van der Waals surface area contributed by atoms with E-state index >= 15 is 0 Å². The van der Waals surface area contributed by atoms with Crippen molar-refractivity contribution in [3.8, 4) is 0 Å². The van der Waals surface area contributed by atoms with Crippen LogP contribution in [0.25, 0.3) is 0 Å². The van der Waals surface area contributed by atoms with Crippen molar-refractivity contribution in [2.24, 2.45) is 0 Å². The highest BCUT2D eigenvalue weighted by molar-refractivity contribution is 7.99. The summed E-state index contributed by atoms with van der Waals surface area (Å²) in [6, 6.07) is 24.4. The summed E-state index contributed by atoms with van der Waals surface area (Å²) in [5, 5.41) is 0. The Labute approximate surface area is 237 Å². The van der Waals surface area contributed by atoms with E-state index in [9.17, 15) is 19.2 Å². The third-order valence-electron chi connectivity index (χ3n) is 6.13. The van der Waals surface area contributed by atoms with Gasteiger partial charge in [-0.1, -0.05) is 65.9 Å². The lowest BCUT2D eigenvalue weighted by atomic mass is 10.0. The number of esters is 3. The van der Waals surface area contributed by atoms with Gasteiger partial charge in [0.2, 0.25) is 0 Å². The standard InChI is InChI=1S/C31H30O8S/c1-20-13-16-24(17-14-20)40-31-28(38-26(33)18-15-21(2)32)27(39-30(35)23-11-7-4-8-12-23)25(19-36-31)37-29(34)22-9-5-3-6-10-22/h3-14,16-17,25,27-28,31H,15,18-19H2,1-2H3/t25-,27+,28-,31+/m1/s1. The molecule has 0 bridgehead atoms. The number of benzene rings is 3. The molecule has 0 unspecified atom stereocenters. The van der Waals surface area contributed by atoms with Crippen LogP contribution < -0.4 is 0 Å². The summed E-state index contributed by atoms with van der Waals surface area (Å²) in [6.45, 7) is 3.25. The molecule has 9 heteroatoms. The van der Waals surface area contributed by atoms with E-state index in [4.69, 9.17) is 18.9 Å². The minimum Gasteiger partial charge on any atom is -0.454 e. The maximum Gasteiger partial charge on any atom is 0.338 e. The normalized spacial score (nSPS) is 20.2. The average Bonchev–Trinajstić information content (AvgIpc) is 2.96. The van der Waals surface area contributed by atoms with E-state index in [1.807, 2.05) is 31.2 Å². The molecule has 8 nitrogen and oxygen atoms in total. The van der Waals surface area contributed by atoms with Gasteiger partial charge < -0.3 is 23.7 Å². The molecule has 0 N–H and O–H groups in total. The molecule has 1 aliphatic rings. The van der Waals surface area contributed by atoms with Crippen molar-refractivity contribution < 1.29 is 38.1 Å². The molecule has 0 aliphatic carbocycles. The summed E-state index contributed by atoms with van der Waals surface area (Å²) in [5.74, 6) is -2.13. The van der Waals surface area contributed by atoms with Gasteiger partial charge in [-0.2, -0.15) is 0 Å². The Balaban J connectivity index is 1.64. The van der Waals surface area contributed by atoms with Gasteiger partial charge in [0.15, 0.2) is 18.3 Å². The van der Waals surface area contributed by atoms with Crippen LogP contribution in [0, 0.1) is 6.92 Å². The molecule has 3 aromatic rings. The zero-order valence-corrected chi connectivity index (χ0v) is 23.0. The van der Waals surface area contributed by atoms with Gasteiger partial charge in [-0.15, -0.1) is 0 Å². The van der Waals surface area contributed by atoms with Crippen molar-refractivity contribution in [3.63, 3.8) is 0 Å². The maximum absolute atomic E-state index is 13.2. The Morgan fingerprint density at radius 2 is 1.32 bits per heavy atom. The molecule has 0 aromatic heterocycles. The molecule has 0 saturated carbocycles. The molecular formula is C31H30O8S. The van der Waals surface area contributed by atoms with Crippen LogP contribution in [-0.4, -0.2) is 54.0 Å². The molecule has 1 saturated heterocycles. The van der Waals surface area contributed by atoms with Crippen molar-refractivity contribution in [1.82, 2.24) is 0 Å². The van der Waals surface area contributed by atoms with Gasteiger partial charge in [-0.05, 0) is 50.2 Å². The van der Waals surface area contributed by atoms with Gasteiger partial charge in [-0.3, -0.25) is 4.79 Å². The monoisotopic (exact) mass is 562 g/mol. The second-order valence-corrected chi connectivity index (χ2v) is 10.5. The number of carbonyl (C=O) groups excluding carboxylic acids is 4. The topological polar surface area (TPSA) is 105 Å². The molecule has 1 fully saturated rings. The highest BCUT2D eigenvalue weighted by Gasteiger charge is 2.48. The molecule has 208 valence electrons. The zero-order chi connectivity index (χ0) is 28.5. The lowest BCUT2D eigenvalue weighted by molar-refractivity contribution is -0.193. The van der Waals surface area contributed by atoms with Gasteiger partial charge in [0.1, 0.15) is 11.2 Å². The number of Topliss-reactive ketones (excluding diaryl/α,β-unsaturated/α-hetero) is 1. The van der Waals surface area contributed by atoms with Crippen LogP contribution in [0.2, 0.25) is 0 Å². The van der Waals surface area contributed by atoms with Crippen LogP contribution in [0.3, 0.4) is 0 Å². The summed E-state index contributed by atoms with van der Waals surface area (Å²) in [4.78, 5) is 51.3. The molecule has 1 heterocycles. The molecule has 4 rings (SSSR count). The van der Waals surface area contributed by atoms with Crippen molar-refractivity contribution in [1.29, 1.82) is 0 Å². The van der Waals surface area contributed by atoms with Crippen LogP contribution in [-0.2, 0) is 28.5 Å². The van der Waals surface area contributed by atoms with E-state index in [0.29, 0.717) is 5.56 Å². The Morgan fingerprint density at radius 1 is 0.750 bits per heavy atom. The first kappa shape index (κ1) is 29.0. The number of hydrogen-bond donors (Lipinski definition) is 0. The third-order valence-corrected chi connectivity index (χ3v) is 7.31. The van der Waals surface area contributed by atoms with Crippen molar-refractivity contribution in [3.05, 3.63) is 102 Å². The number of hydrogen-bond acceptors (Lipinski definition) is 9. The average molecular weight is 563 g/mol. The molecule has 0 radical (unpaired) electrons. The fourth-order valence-corrected chi connectivity index (χ4v) is 5.05. The lowest BCUT2D eigenvalue weighted by Crippen LogP contribution is -2.56. The van der Waals surface area contributed by atoms with E-state index in [1.54, 1.807) is 60.7 Å². The molecule has 4 atom stereocenters. The molecule has 0 spiro atoms. The largest absolute Gasteiger partial charge is 0.454 e. The Morgan fingerprint density at radius 3 is 1.90 bits per heavy atom. The Hall–Kier alpha value is -3.95. The second-order valence-electron chi connectivity index (χ2n) is 9.33. The second kappa shape index (κ2) is 13.9. The Bertz CT molecular complexity index is 1310. The van der Waals surface area contributed by atoms with Crippen LogP contribution >= 0.6 is 11.8 Å². The number of aryl methyl sites for hydroxylation is 1. The molecule has 0 amide bonds. The highest BCUT2D eigenvalue weighted by atomic mass is 32.2. The van der Waals surface area contributed by atoms with Crippen LogP contribution in [0.5, 0.6) is 0 Å². The first-order chi connectivity index (χ1) is 19.3. The van der Waals surface area contributed by atoms with Gasteiger partial charge in [0.05, 0.1) is 24.2 Å². The van der Waals surface area contributed by atoms with Crippen LogP contribution in [0.4, 0.5) is 0 Å². The smallest absolute Gasteiger partial charge is 0.338 e. The summed E-state index contributed by atoms with van der Waals surface area (Å²) in [6.07, 6.45) is -3.54. The van der Waals surface area contributed by atoms with E-state index < -0.39 is 41.7 Å². The zero-order valence-electron chi connectivity index (χ0n) is 22.2. The number of ketones is 1. The van der Waals surface area contributed by atoms with E-state index in [1.165, 1.54) is 18.7 Å². The fraction of sp³-hybridized carbons (Fsp3) is 0.290. The van der Waals surface area contributed by atoms with Crippen molar-refractivity contribution in [2.75, 3.05) is 6.61 Å². The molecule has 40 heavy (non-hydrogen) atoms. The van der Waals surface area contributed by atoms with Crippen molar-refractivity contribution in [2.45, 2.75) is 55.3 Å². The van der Waals surface area contributed by atoms with Gasteiger partial charge in [0, 0.05) is 11.3 Å². The quantitative estimate of drug-likeness (QED) is 0.244. The van der Waals surface area contributed by atoms with E-state index in [2.05, 4.69) is 0 Å². The van der Waals surface area contributed by atoms with Crippen LogP contribution in [0.1, 0.15) is 46.0 Å². The Kier molecular flexibility index (Phi) is 10.1. The number of carbonyl (C=O) groups is 4. The summed E-state index contributed by atoms with van der Waals surface area (Å²) < 4.78 is 23.5.